The summed E-state index contributed by atoms with van der Waals surface area (Å²) < 4.78 is 5.57. The predicted octanol–water partition coefficient (Wildman–Crippen LogP) is 3.21. The minimum atomic E-state index is -0.273. The summed E-state index contributed by atoms with van der Waals surface area (Å²) in [5.74, 6) is 1.23. The maximum absolute atomic E-state index is 13.4. The van der Waals surface area contributed by atoms with Crippen LogP contribution in [0.4, 0.5) is 0 Å². The van der Waals surface area contributed by atoms with Crippen molar-refractivity contribution in [1.29, 1.82) is 0 Å². The highest BCUT2D eigenvalue weighted by atomic mass is 16.5. The summed E-state index contributed by atoms with van der Waals surface area (Å²) in [5.41, 5.74) is 0.890. The van der Waals surface area contributed by atoms with Gasteiger partial charge in [-0.2, -0.15) is 4.98 Å². The highest BCUT2D eigenvalue weighted by molar-refractivity contribution is 5.83. The number of hydrogen-bond donors (Lipinski definition) is 1. The number of aromatic nitrogens is 3. The lowest BCUT2D eigenvalue weighted by Gasteiger charge is -2.32. The largest absolute Gasteiger partial charge is 0.356 e. The molecule has 3 atom stereocenters. The Morgan fingerprint density at radius 1 is 1.25 bits per heavy atom. The van der Waals surface area contributed by atoms with Crippen LogP contribution in [0.1, 0.15) is 81.5 Å². The Balaban J connectivity index is 1.59. The first-order valence-corrected chi connectivity index (χ1v) is 11.8. The number of nitrogens with zero attached hydrogens (tertiary/aromatic N) is 4. The van der Waals surface area contributed by atoms with Gasteiger partial charge in [0, 0.05) is 43.4 Å². The minimum absolute atomic E-state index is 0.0209. The Bertz CT molecular complexity index is 913. The number of rotatable bonds is 4. The molecular formula is C24H33N5O3. The van der Waals surface area contributed by atoms with Crippen LogP contribution >= 0.6 is 0 Å². The molecule has 0 spiro atoms. The van der Waals surface area contributed by atoms with E-state index in [-0.39, 0.29) is 35.6 Å². The molecule has 1 N–H and O–H groups in total. The average molecular weight is 440 g/mol. The van der Waals surface area contributed by atoms with Crippen LogP contribution in [0.15, 0.2) is 29.0 Å². The van der Waals surface area contributed by atoms with E-state index in [0.717, 1.165) is 31.2 Å². The summed E-state index contributed by atoms with van der Waals surface area (Å²) in [4.78, 5) is 37.2. The lowest BCUT2D eigenvalue weighted by molar-refractivity contribution is -0.136. The molecule has 32 heavy (non-hydrogen) atoms. The van der Waals surface area contributed by atoms with Crippen LogP contribution in [-0.4, -0.2) is 51.0 Å². The molecule has 0 bridgehead atoms. The quantitative estimate of drug-likeness (QED) is 0.785. The van der Waals surface area contributed by atoms with Gasteiger partial charge in [0.05, 0.1) is 12.3 Å². The summed E-state index contributed by atoms with van der Waals surface area (Å²) in [6, 6.07) is 3.60. The first-order valence-electron chi connectivity index (χ1n) is 11.8. The molecule has 0 radical (unpaired) electrons. The van der Waals surface area contributed by atoms with Crippen LogP contribution in [0, 0.1) is 5.92 Å². The van der Waals surface area contributed by atoms with Gasteiger partial charge in [-0.05, 0) is 37.3 Å². The summed E-state index contributed by atoms with van der Waals surface area (Å²) in [7, 11) is 0. The predicted molar refractivity (Wildman–Crippen MR) is 119 cm³/mol. The first-order chi connectivity index (χ1) is 15.5. The van der Waals surface area contributed by atoms with Gasteiger partial charge in [-0.15, -0.1) is 0 Å². The number of amides is 2. The summed E-state index contributed by atoms with van der Waals surface area (Å²) in [6.45, 7) is 5.41. The van der Waals surface area contributed by atoms with Crippen molar-refractivity contribution in [3.05, 3.63) is 41.8 Å². The third-order valence-corrected chi connectivity index (χ3v) is 6.61. The van der Waals surface area contributed by atoms with E-state index in [1.54, 1.807) is 12.4 Å². The van der Waals surface area contributed by atoms with Gasteiger partial charge in [0.1, 0.15) is 0 Å². The molecule has 1 aliphatic carbocycles. The lowest BCUT2D eigenvalue weighted by Crippen LogP contribution is -2.47. The van der Waals surface area contributed by atoms with E-state index < -0.39 is 0 Å². The van der Waals surface area contributed by atoms with Gasteiger partial charge in [-0.1, -0.05) is 37.9 Å². The Kier molecular flexibility index (Phi) is 7.17. The van der Waals surface area contributed by atoms with Crippen LogP contribution in [-0.2, 0) is 16.0 Å². The fraction of sp³-hybridized carbons (Fsp3) is 0.625. The molecule has 172 valence electrons. The molecule has 2 aromatic rings. The van der Waals surface area contributed by atoms with Crippen LogP contribution in [0.2, 0.25) is 0 Å². The van der Waals surface area contributed by atoms with Crippen molar-refractivity contribution >= 4 is 11.8 Å². The molecule has 1 saturated heterocycles. The van der Waals surface area contributed by atoms with E-state index in [9.17, 15) is 9.59 Å². The zero-order valence-corrected chi connectivity index (χ0v) is 19.0. The molecule has 1 saturated carbocycles. The Labute approximate surface area is 189 Å². The molecule has 2 amide bonds. The fourth-order valence-corrected chi connectivity index (χ4v) is 4.85. The number of carbonyl (C=O) groups excluding carboxylic acids is 2. The number of fused-ring (bicyclic) bond motifs is 1. The van der Waals surface area contributed by atoms with E-state index in [1.807, 2.05) is 30.9 Å². The smallest absolute Gasteiger partial charge is 0.229 e. The van der Waals surface area contributed by atoms with Gasteiger partial charge in [-0.25, -0.2) is 0 Å². The third kappa shape index (κ3) is 5.16. The zero-order valence-electron chi connectivity index (χ0n) is 19.0. The van der Waals surface area contributed by atoms with Gasteiger partial charge < -0.3 is 14.7 Å². The van der Waals surface area contributed by atoms with Crippen molar-refractivity contribution in [1.82, 2.24) is 25.3 Å². The van der Waals surface area contributed by atoms with E-state index in [1.165, 1.54) is 0 Å². The fourth-order valence-electron chi connectivity index (χ4n) is 4.85. The zero-order chi connectivity index (χ0) is 22.5. The summed E-state index contributed by atoms with van der Waals surface area (Å²) in [6.07, 6.45) is 9.04. The second-order valence-corrected chi connectivity index (χ2v) is 9.32. The molecular weight excluding hydrogens is 406 g/mol. The number of pyridine rings is 1. The summed E-state index contributed by atoms with van der Waals surface area (Å²) in [5, 5.41) is 7.21. The molecule has 1 aliphatic heterocycles. The Morgan fingerprint density at radius 2 is 2.09 bits per heavy atom. The van der Waals surface area contributed by atoms with Gasteiger partial charge in [0.25, 0.3) is 0 Å². The van der Waals surface area contributed by atoms with Gasteiger partial charge >= 0.3 is 0 Å². The first kappa shape index (κ1) is 22.4. The maximum atomic E-state index is 13.4. The van der Waals surface area contributed by atoms with Gasteiger partial charge in [0.2, 0.25) is 17.7 Å². The Hall–Kier alpha value is -2.77. The van der Waals surface area contributed by atoms with Crippen molar-refractivity contribution in [2.24, 2.45) is 5.92 Å². The number of carbonyl (C=O) groups is 2. The second kappa shape index (κ2) is 10.2. The molecule has 8 heteroatoms. The van der Waals surface area contributed by atoms with Crippen molar-refractivity contribution < 1.29 is 14.1 Å². The molecule has 2 aliphatic rings. The highest BCUT2D eigenvalue weighted by Gasteiger charge is 2.45. The maximum Gasteiger partial charge on any atom is 0.229 e. The van der Waals surface area contributed by atoms with Crippen LogP contribution < -0.4 is 5.32 Å². The van der Waals surface area contributed by atoms with Gasteiger partial charge in [-0.3, -0.25) is 14.6 Å². The third-order valence-electron chi connectivity index (χ3n) is 6.61. The standard InChI is InChI=1S/C24H33N5O3/c1-16(2)22-27-24(32-28-22)18-13-19-20(14-18)29(11-6-4-3-5-10-26-23(19)31)21(30)12-17-8-7-9-25-15-17/h7-9,15-16,18-20H,3-6,10-14H2,1-2H3,(H,26,31)/t18-,19-,20+/m0/s1. The normalized spacial score (nSPS) is 24.7. The molecule has 0 aromatic carbocycles. The van der Waals surface area contributed by atoms with Crippen LogP contribution in [0.5, 0.6) is 0 Å². The Morgan fingerprint density at radius 3 is 2.84 bits per heavy atom. The topological polar surface area (TPSA) is 101 Å². The van der Waals surface area contributed by atoms with Crippen molar-refractivity contribution in [2.45, 2.75) is 76.7 Å². The highest BCUT2D eigenvalue weighted by Crippen LogP contribution is 2.41. The number of hydrogen-bond acceptors (Lipinski definition) is 6. The van der Waals surface area contributed by atoms with E-state index >= 15 is 0 Å². The molecule has 3 heterocycles. The monoisotopic (exact) mass is 439 g/mol. The molecule has 0 unspecified atom stereocenters. The van der Waals surface area contributed by atoms with Crippen LogP contribution in [0.25, 0.3) is 0 Å². The molecule has 4 rings (SSSR count). The molecule has 2 fully saturated rings. The van der Waals surface area contributed by atoms with E-state index in [4.69, 9.17) is 4.52 Å². The van der Waals surface area contributed by atoms with Crippen molar-refractivity contribution in [3.63, 3.8) is 0 Å². The van der Waals surface area contributed by atoms with E-state index in [0.29, 0.717) is 44.1 Å². The summed E-state index contributed by atoms with van der Waals surface area (Å²) >= 11 is 0. The van der Waals surface area contributed by atoms with Crippen LogP contribution in [0.3, 0.4) is 0 Å². The average Bonchev–Trinajstić information content (AvgIpc) is 3.43. The lowest BCUT2D eigenvalue weighted by atomic mass is 9.99. The molecule has 2 aromatic heterocycles. The van der Waals surface area contributed by atoms with E-state index in [2.05, 4.69) is 20.4 Å². The van der Waals surface area contributed by atoms with Crippen molar-refractivity contribution in [2.75, 3.05) is 13.1 Å². The van der Waals surface area contributed by atoms with Gasteiger partial charge in [0.15, 0.2) is 5.82 Å². The van der Waals surface area contributed by atoms with Crippen molar-refractivity contribution in [3.8, 4) is 0 Å². The number of nitrogens with one attached hydrogen (secondary N) is 1. The SMILES string of the molecule is CC(C)c1noc([C@H]2C[C@@H]3C(=O)NCCCCCCN(C(=O)Cc4cccnc4)[C@@H]3C2)n1. The second-order valence-electron chi connectivity index (χ2n) is 9.32. The molecule has 8 nitrogen and oxygen atoms in total. The minimum Gasteiger partial charge on any atom is -0.356 e.